The predicted molar refractivity (Wildman–Crippen MR) is 61.5 cm³/mol. The zero-order valence-corrected chi connectivity index (χ0v) is 9.72. The van der Waals surface area contributed by atoms with Crippen LogP contribution in [-0.2, 0) is 7.05 Å². The van der Waals surface area contributed by atoms with Crippen LogP contribution < -0.4 is 5.73 Å². The second-order valence-electron chi connectivity index (χ2n) is 3.29. The number of aromatic nitrogens is 3. The van der Waals surface area contributed by atoms with Crippen LogP contribution in [0.5, 0.6) is 0 Å². The van der Waals surface area contributed by atoms with Gasteiger partial charge in [-0.25, -0.2) is 0 Å². The summed E-state index contributed by atoms with van der Waals surface area (Å²) in [4.78, 5) is 0. The minimum Gasteiger partial charge on any atom is -0.322 e. The molecule has 1 aromatic rings. The third-order valence-corrected chi connectivity index (χ3v) is 5.22. The van der Waals surface area contributed by atoms with Gasteiger partial charge in [0.1, 0.15) is 0 Å². The Bertz CT molecular complexity index is 295. The van der Waals surface area contributed by atoms with E-state index in [4.69, 9.17) is 5.73 Å². The van der Waals surface area contributed by atoms with Gasteiger partial charge in [-0.15, -0.1) is 5.10 Å². The van der Waals surface area contributed by atoms with Gasteiger partial charge in [-0.05, 0) is 0 Å². The lowest BCUT2D eigenvalue weighted by Crippen LogP contribution is -2.30. The first kappa shape index (κ1) is 10.3. The lowest BCUT2D eigenvalue weighted by Gasteiger charge is -2.26. The highest BCUT2D eigenvalue weighted by molar-refractivity contribution is 8.06. The van der Waals surface area contributed by atoms with Gasteiger partial charge in [0.15, 0.2) is 0 Å². The van der Waals surface area contributed by atoms with Crippen molar-refractivity contribution in [1.82, 2.24) is 15.0 Å². The summed E-state index contributed by atoms with van der Waals surface area (Å²) < 4.78 is 1.77. The Hall–Kier alpha value is -0.200. The lowest BCUT2D eigenvalue weighted by atomic mass is 10.2. The van der Waals surface area contributed by atoms with E-state index in [-0.39, 0.29) is 6.04 Å². The highest BCUT2D eigenvalue weighted by atomic mass is 32.2. The van der Waals surface area contributed by atoms with Gasteiger partial charge >= 0.3 is 0 Å². The van der Waals surface area contributed by atoms with Crippen LogP contribution in [0.3, 0.4) is 0 Å². The third-order valence-electron chi connectivity index (χ3n) is 2.33. The largest absolute Gasteiger partial charge is 0.322 e. The zero-order valence-electron chi connectivity index (χ0n) is 8.09. The van der Waals surface area contributed by atoms with Crippen LogP contribution in [0.1, 0.15) is 11.7 Å². The van der Waals surface area contributed by atoms with Crippen LogP contribution in [0.4, 0.5) is 0 Å². The highest BCUT2D eigenvalue weighted by Gasteiger charge is 2.24. The Labute approximate surface area is 92.0 Å². The maximum absolute atomic E-state index is 6.18. The van der Waals surface area contributed by atoms with Crippen molar-refractivity contribution in [3.05, 3.63) is 11.9 Å². The van der Waals surface area contributed by atoms with E-state index in [2.05, 4.69) is 10.3 Å². The molecule has 0 amide bonds. The normalized spacial score (nSPS) is 24.9. The molecular formula is C8H14N4S2. The van der Waals surface area contributed by atoms with Gasteiger partial charge in [0.25, 0.3) is 0 Å². The summed E-state index contributed by atoms with van der Waals surface area (Å²) in [5.74, 6) is 3.59. The molecular weight excluding hydrogens is 216 g/mol. The first-order chi connectivity index (χ1) is 6.79. The summed E-state index contributed by atoms with van der Waals surface area (Å²) in [6.07, 6.45) is 1.77. The van der Waals surface area contributed by atoms with Crippen molar-refractivity contribution in [1.29, 1.82) is 0 Å². The van der Waals surface area contributed by atoms with E-state index in [1.807, 2.05) is 30.6 Å². The van der Waals surface area contributed by atoms with Crippen LogP contribution in [0.2, 0.25) is 0 Å². The smallest absolute Gasteiger partial charge is 0.0762 e. The number of rotatable bonds is 2. The molecule has 1 aliphatic heterocycles. The molecule has 1 aromatic heterocycles. The van der Waals surface area contributed by atoms with Crippen molar-refractivity contribution < 1.29 is 0 Å². The van der Waals surface area contributed by atoms with Crippen LogP contribution in [0, 0.1) is 0 Å². The SMILES string of the molecule is Cn1nncc1C(N)C1CSCCS1. The molecule has 2 atom stereocenters. The third kappa shape index (κ3) is 2.07. The van der Waals surface area contributed by atoms with Crippen LogP contribution in [0.15, 0.2) is 6.20 Å². The number of hydrogen-bond acceptors (Lipinski definition) is 5. The Kier molecular flexibility index (Phi) is 3.35. The predicted octanol–water partition coefficient (Wildman–Crippen LogP) is 0.664. The molecule has 14 heavy (non-hydrogen) atoms. The standard InChI is InChI=1S/C8H14N4S2/c1-12-6(4-10-11-12)8(9)7-5-13-2-3-14-7/h4,7-8H,2-3,5,9H2,1H3. The van der Waals surface area contributed by atoms with Crippen molar-refractivity contribution >= 4 is 23.5 Å². The number of aryl methyl sites for hydroxylation is 1. The van der Waals surface area contributed by atoms with Gasteiger partial charge in [-0.1, -0.05) is 5.21 Å². The minimum atomic E-state index is 0.0628. The van der Waals surface area contributed by atoms with E-state index in [1.54, 1.807) is 10.9 Å². The quantitative estimate of drug-likeness (QED) is 0.809. The minimum absolute atomic E-state index is 0.0628. The fourth-order valence-electron chi connectivity index (χ4n) is 1.50. The summed E-state index contributed by atoms with van der Waals surface area (Å²) >= 11 is 3.95. The summed E-state index contributed by atoms with van der Waals surface area (Å²) in [6.45, 7) is 0. The van der Waals surface area contributed by atoms with E-state index in [9.17, 15) is 0 Å². The summed E-state index contributed by atoms with van der Waals surface area (Å²) in [5.41, 5.74) is 7.21. The van der Waals surface area contributed by atoms with Gasteiger partial charge in [0.05, 0.1) is 17.9 Å². The average Bonchev–Trinajstić information content (AvgIpc) is 2.65. The molecule has 1 fully saturated rings. The Morgan fingerprint density at radius 3 is 3.07 bits per heavy atom. The number of nitrogens with zero attached hydrogens (tertiary/aromatic N) is 3. The van der Waals surface area contributed by atoms with Gasteiger partial charge in [-0.2, -0.15) is 23.5 Å². The van der Waals surface area contributed by atoms with Crippen molar-refractivity contribution in [2.45, 2.75) is 11.3 Å². The Morgan fingerprint density at radius 2 is 2.50 bits per heavy atom. The van der Waals surface area contributed by atoms with E-state index < -0.39 is 0 Å². The molecule has 2 rings (SSSR count). The second-order valence-corrected chi connectivity index (χ2v) is 5.79. The van der Waals surface area contributed by atoms with Crippen molar-refractivity contribution in [3.63, 3.8) is 0 Å². The molecule has 4 nitrogen and oxygen atoms in total. The molecule has 0 radical (unpaired) electrons. The van der Waals surface area contributed by atoms with Crippen molar-refractivity contribution in [2.75, 3.05) is 17.3 Å². The van der Waals surface area contributed by atoms with Crippen LogP contribution in [0.25, 0.3) is 0 Å². The number of hydrogen-bond donors (Lipinski definition) is 1. The number of thioether (sulfide) groups is 2. The summed E-state index contributed by atoms with van der Waals surface area (Å²) in [7, 11) is 1.89. The van der Waals surface area contributed by atoms with E-state index in [0.717, 1.165) is 11.4 Å². The van der Waals surface area contributed by atoms with Gasteiger partial charge in [0, 0.05) is 29.6 Å². The zero-order chi connectivity index (χ0) is 9.97. The van der Waals surface area contributed by atoms with Gasteiger partial charge in [0.2, 0.25) is 0 Å². The fourth-order valence-corrected chi connectivity index (χ4v) is 4.29. The van der Waals surface area contributed by atoms with Crippen molar-refractivity contribution in [2.24, 2.45) is 12.8 Å². The molecule has 0 spiro atoms. The Balaban J connectivity index is 2.07. The molecule has 78 valence electrons. The average molecular weight is 230 g/mol. The molecule has 1 aliphatic rings. The summed E-state index contributed by atoms with van der Waals surface area (Å²) in [6, 6.07) is 0.0628. The molecule has 2 heterocycles. The van der Waals surface area contributed by atoms with E-state index in [1.165, 1.54) is 11.5 Å². The molecule has 6 heteroatoms. The van der Waals surface area contributed by atoms with Crippen molar-refractivity contribution in [3.8, 4) is 0 Å². The molecule has 2 N–H and O–H groups in total. The first-order valence-corrected chi connectivity index (χ1v) is 6.79. The Morgan fingerprint density at radius 1 is 1.64 bits per heavy atom. The van der Waals surface area contributed by atoms with Gasteiger partial charge < -0.3 is 5.73 Å². The molecule has 2 unspecified atom stereocenters. The molecule has 1 saturated heterocycles. The second kappa shape index (κ2) is 4.55. The molecule has 0 aliphatic carbocycles. The van der Waals surface area contributed by atoms with Crippen LogP contribution in [-0.4, -0.2) is 37.5 Å². The topological polar surface area (TPSA) is 56.7 Å². The molecule has 0 aromatic carbocycles. The van der Waals surface area contributed by atoms with E-state index in [0.29, 0.717) is 5.25 Å². The highest BCUT2D eigenvalue weighted by Crippen LogP contribution is 2.31. The fraction of sp³-hybridized carbons (Fsp3) is 0.750. The lowest BCUT2D eigenvalue weighted by molar-refractivity contribution is 0.607. The number of nitrogens with two attached hydrogens (primary N) is 1. The van der Waals surface area contributed by atoms with Crippen LogP contribution >= 0.6 is 23.5 Å². The van der Waals surface area contributed by atoms with E-state index >= 15 is 0 Å². The molecule has 0 bridgehead atoms. The maximum atomic E-state index is 6.18. The first-order valence-electron chi connectivity index (χ1n) is 4.58. The van der Waals surface area contributed by atoms with Gasteiger partial charge in [-0.3, -0.25) is 4.68 Å². The molecule has 0 saturated carbocycles. The maximum Gasteiger partial charge on any atom is 0.0762 e. The summed E-state index contributed by atoms with van der Waals surface area (Å²) in [5, 5.41) is 8.26. The monoisotopic (exact) mass is 230 g/mol.